The number of β-amino-alcohol motifs (C(OH)–C–C–N with tert-alkyl or cyclic N) is 1. The predicted octanol–water partition coefficient (Wildman–Crippen LogP) is 1.29. The van der Waals surface area contributed by atoms with Crippen molar-refractivity contribution in [1.82, 2.24) is 15.2 Å². The Morgan fingerprint density at radius 3 is 2.62 bits per heavy atom. The SMILES string of the molecule is CC(C)(C)C(N)C(=O)N1C[C@H](O)C[C@H]1C(=O)NCc1ccc(-c2cnco2)cc1. The molecule has 4 N–H and O–H groups in total. The third kappa shape index (κ3) is 4.83. The summed E-state index contributed by atoms with van der Waals surface area (Å²) < 4.78 is 5.26. The Bertz CT molecular complexity index is 843. The first-order valence-corrected chi connectivity index (χ1v) is 9.66. The monoisotopic (exact) mass is 400 g/mol. The van der Waals surface area contributed by atoms with Crippen LogP contribution >= 0.6 is 0 Å². The molecule has 1 aromatic heterocycles. The molecule has 1 aromatic carbocycles. The number of amides is 2. The molecule has 1 aliphatic rings. The molecule has 2 heterocycles. The highest BCUT2D eigenvalue weighted by Gasteiger charge is 2.42. The highest BCUT2D eigenvalue weighted by molar-refractivity contribution is 5.90. The van der Waals surface area contributed by atoms with Gasteiger partial charge in [-0.3, -0.25) is 9.59 Å². The molecule has 156 valence electrons. The van der Waals surface area contributed by atoms with Crippen LogP contribution in [0.25, 0.3) is 11.3 Å². The van der Waals surface area contributed by atoms with Crippen LogP contribution in [0, 0.1) is 5.41 Å². The van der Waals surface area contributed by atoms with Gasteiger partial charge in [0.2, 0.25) is 11.8 Å². The van der Waals surface area contributed by atoms with Gasteiger partial charge in [0.1, 0.15) is 6.04 Å². The molecule has 0 radical (unpaired) electrons. The molecule has 8 nitrogen and oxygen atoms in total. The summed E-state index contributed by atoms with van der Waals surface area (Å²) in [5.74, 6) is 0.0609. The van der Waals surface area contributed by atoms with Crippen LogP contribution in [0.2, 0.25) is 0 Å². The van der Waals surface area contributed by atoms with E-state index >= 15 is 0 Å². The number of carbonyl (C=O) groups excluding carboxylic acids is 2. The van der Waals surface area contributed by atoms with Crippen LogP contribution in [-0.4, -0.2) is 51.5 Å². The number of nitrogens with one attached hydrogen (secondary N) is 1. The zero-order chi connectivity index (χ0) is 21.2. The van der Waals surface area contributed by atoms with Gasteiger partial charge in [-0.1, -0.05) is 45.0 Å². The van der Waals surface area contributed by atoms with E-state index in [2.05, 4.69) is 10.3 Å². The summed E-state index contributed by atoms with van der Waals surface area (Å²) in [6.07, 6.45) is 2.48. The van der Waals surface area contributed by atoms with E-state index in [1.54, 1.807) is 6.20 Å². The van der Waals surface area contributed by atoms with Gasteiger partial charge in [-0.05, 0) is 11.0 Å². The van der Waals surface area contributed by atoms with E-state index < -0.39 is 23.6 Å². The molecule has 29 heavy (non-hydrogen) atoms. The Morgan fingerprint density at radius 1 is 1.34 bits per heavy atom. The molecule has 1 fully saturated rings. The average molecular weight is 400 g/mol. The van der Waals surface area contributed by atoms with Crippen LogP contribution in [0.1, 0.15) is 32.8 Å². The van der Waals surface area contributed by atoms with Gasteiger partial charge < -0.3 is 25.5 Å². The lowest BCUT2D eigenvalue weighted by Crippen LogP contribution is -2.54. The number of rotatable bonds is 5. The van der Waals surface area contributed by atoms with Crippen LogP contribution in [0.5, 0.6) is 0 Å². The van der Waals surface area contributed by atoms with Crippen LogP contribution in [-0.2, 0) is 16.1 Å². The van der Waals surface area contributed by atoms with E-state index in [4.69, 9.17) is 10.2 Å². The second-order valence-electron chi connectivity index (χ2n) is 8.52. The van der Waals surface area contributed by atoms with Gasteiger partial charge in [0, 0.05) is 25.1 Å². The minimum absolute atomic E-state index is 0.118. The molecule has 0 aliphatic carbocycles. The number of hydrogen-bond acceptors (Lipinski definition) is 6. The van der Waals surface area contributed by atoms with E-state index in [1.807, 2.05) is 45.0 Å². The molecule has 0 bridgehead atoms. The molecule has 2 amide bonds. The van der Waals surface area contributed by atoms with Crippen LogP contribution < -0.4 is 11.1 Å². The van der Waals surface area contributed by atoms with Crippen LogP contribution in [0.3, 0.4) is 0 Å². The number of carbonyl (C=O) groups is 2. The Labute approximate surface area is 170 Å². The number of nitrogens with zero attached hydrogens (tertiary/aromatic N) is 2. The van der Waals surface area contributed by atoms with E-state index in [-0.39, 0.29) is 24.8 Å². The van der Waals surface area contributed by atoms with E-state index in [1.165, 1.54) is 11.3 Å². The zero-order valence-electron chi connectivity index (χ0n) is 17.0. The van der Waals surface area contributed by atoms with Crippen molar-refractivity contribution in [3.05, 3.63) is 42.4 Å². The molecule has 2 aromatic rings. The van der Waals surface area contributed by atoms with Gasteiger partial charge in [0.25, 0.3) is 0 Å². The predicted molar refractivity (Wildman–Crippen MR) is 107 cm³/mol. The standard InChI is InChI=1S/C21H28N4O4/c1-21(2,3)18(22)20(28)25-11-15(26)8-16(25)19(27)24-9-13-4-6-14(7-5-13)17-10-23-12-29-17/h4-7,10,12,15-16,18,26H,8-9,11,22H2,1-3H3,(H,24,27)/t15-,16+,18?/m1/s1. The van der Waals surface area contributed by atoms with Crippen molar-refractivity contribution in [2.75, 3.05) is 6.54 Å². The summed E-state index contributed by atoms with van der Waals surface area (Å²) in [4.78, 5) is 30.8. The smallest absolute Gasteiger partial charge is 0.243 e. The maximum Gasteiger partial charge on any atom is 0.243 e. The molecular formula is C21H28N4O4. The topological polar surface area (TPSA) is 122 Å². The maximum absolute atomic E-state index is 12.8. The van der Waals surface area contributed by atoms with Crippen molar-refractivity contribution in [2.45, 2.75) is 51.9 Å². The minimum Gasteiger partial charge on any atom is -0.444 e. The maximum atomic E-state index is 12.8. The normalized spacial score (nSPS) is 20.5. The first-order valence-electron chi connectivity index (χ1n) is 9.66. The number of aromatic nitrogens is 1. The number of oxazole rings is 1. The van der Waals surface area contributed by atoms with E-state index in [9.17, 15) is 14.7 Å². The van der Waals surface area contributed by atoms with Gasteiger partial charge >= 0.3 is 0 Å². The largest absolute Gasteiger partial charge is 0.444 e. The quantitative estimate of drug-likeness (QED) is 0.695. The summed E-state index contributed by atoms with van der Waals surface area (Å²) >= 11 is 0. The van der Waals surface area contributed by atoms with Gasteiger partial charge in [0.15, 0.2) is 12.2 Å². The van der Waals surface area contributed by atoms with Gasteiger partial charge in [0.05, 0.1) is 18.3 Å². The number of hydrogen-bond donors (Lipinski definition) is 3. The van der Waals surface area contributed by atoms with Crippen LogP contribution in [0.4, 0.5) is 0 Å². The second kappa shape index (κ2) is 8.34. The molecular weight excluding hydrogens is 372 g/mol. The van der Waals surface area contributed by atoms with Crippen molar-refractivity contribution in [3.8, 4) is 11.3 Å². The molecule has 1 unspecified atom stereocenters. The molecule has 3 atom stereocenters. The summed E-state index contributed by atoms with van der Waals surface area (Å²) in [5, 5.41) is 12.9. The Balaban J connectivity index is 1.62. The average Bonchev–Trinajstić information content (AvgIpc) is 3.34. The molecule has 1 aliphatic heterocycles. The number of aliphatic hydroxyl groups is 1. The molecule has 3 rings (SSSR count). The Hall–Kier alpha value is -2.71. The summed E-state index contributed by atoms with van der Waals surface area (Å²) in [5.41, 5.74) is 7.45. The lowest BCUT2D eigenvalue weighted by molar-refractivity contribution is -0.141. The van der Waals surface area contributed by atoms with E-state index in [0.29, 0.717) is 12.3 Å². The van der Waals surface area contributed by atoms with Crippen molar-refractivity contribution >= 4 is 11.8 Å². The fourth-order valence-corrected chi connectivity index (χ4v) is 3.31. The summed E-state index contributed by atoms with van der Waals surface area (Å²) in [6, 6.07) is 6.09. The highest BCUT2D eigenvalue weighted by atomic mass is 16.3. The zero-order valence-corrected chi connectivity index (χ0v) is 17.0. The molecule has 0 saturated carbocycles. The summed E-state index contributed by atoms with van der Waals surface area (Å²) in [6.45, 7) is 6.06. The first-order chi connectivity index (χ1) is 13.7. The molecule has 8 heteroatoms. The van der Waals surface area contributed by atoms with Gasteiger partial charge in [-0.15, -0.1) is 0 Å². The minimum atomic E-state index is -0.744. The lowest BCUT2D eigenvalue weighted by atomic mass is 9.86. The molecule has 1 saturated heterocycles. The van der Waals surface area contributed by atoms with Crippen molar-refractivity contribution < 1.29 is 19.1 Å². The van der Waals surface area contributed by atoms with Crippen molar-refractivity contribution in [2.24, 2.45) is 11.1 Å². The Morgan fingerprint density at radius 2 is 2.03 bits per heavy atom. The summed E-state index contributed by atoms with van der Waals surface area (Å²) in [7, 11) is 0. The number of nitrogens with two attached hydrogens (primary N) is 1. The highest BCUT2D eigenvalue weighted by Crippen LogP contribution is 2.25. The lowest BCUT2D eigenvalue weighted by Gasteiger charge is -2.32. The number of benzene rings is 1. The fraction of sp³-hybridized carbons (Fsp3) is 0.476. The fourth-order valence-electron chi connectivity index (χ4n) is 3.31. The van der Waals surface area contributed by atoms with Crippen molar-refractivity contribution in [3.63, 3.8) is 0 Å². The number of aliphatic hydroxyl groups excluding tert-OH is 1. The van der Waals surface area contributed by atoms with Crippen LogP contribution in [0.15, 0.2) is 41.3 Å². The van der Waals surface area contributed by atoms with E-state index in [0.717, 1.165) is 11.1 Å². The molecule has 0 spiro atoms. The van der Waals surface area contributed by atoms with Crippen molar-refractivity contribution in [1.29, 1.82) is 0 Å². The third-order valence-corrected chi connectivity index (χ3v) is 5.20. The van der Waals surface area contributed by atoms with Gasteiger partial charge in [-0.25, -0.2) is 4.98 Å². The second-order valence-corrected chi connectivity index (χ2v) is 8.52. The first kappa shape index (κ1) is 21.0. The number of likely N-dealkylation sites (tertiary alicyclic amines) is 1. The Kier molecular flexibility index (Phi) is 6.04. The third-order valence-electron chi connectivity index (χ3n) is 5.20. The van der Waals surface area contributed by atoms with Gasteiger partial charge in [-0.2, -0.15) is 0 Å².